The highest BCUT2D eigenvalue weighted by molar-refractivity contribution is 6.42. The normalized spacial score (nSPS) is 12.5. The fraction of sp³-hybridized carbons (Fsp3) is 0.417. The van der Waals surface area contributed by atoms with Gasteiger partial charge < -0.3 is 10.2 Å². The summed E-state index contributed by atoms with van der Waals surface area (Å²) in [4.78, 5) is 11.0. The zero-order valence-corrected chi connectivity index (χ0v) is 10.9. The number of phenols is 1. The van der Waals surface area contributed by atoms with Crippen LogP contribution in [-0.2, 0) is 4.79 Å². The predicted molar refractivity (Wildman–Crippen MR) is 67.9 cm³/mol. The molecule has 0 amide bonds. The van der Waals surface area contributed by atoms with E-state index in [2.05, 4.69) is 0 Å². The molecule has 0 aliphatic rings. The van der Waals surface area contributed by atoms with Gasteiger partial charge in [-0.2, -0.15) is 0 Å². The van der Waals surface area contributed by atoms with E-state index < -0.39 is 6.61 Å². The highest BCUT2D eigenvalue weighted by atomic mass is 35.5. The van der Waals surface area contributed by atoms with Gasteiger partial charge in [-0.1, -0.05) is 30.1 Å². The van der Waals surface area contributed by atoms with Crippen molar-refractivity contribution in [2.75, 3.05) is 6.61 Å². The lowest BCUT2D eigenvalue weighted by Crippen LogP contribution is -2.06. The Labute approximate surface area is 110 Å². The first-order valence-electron chi connectivity index (χ1n) is 5.26. The predicted octanol–water partition coefficient (Wildman–Crippen LogP) is 3.14. The maximum absolute atomic E-state index is 11.0. The molecule has 0 heterocycles. The second-order valence-electron chi connectivity index (χ2n) is 3.93. The topological polar surface area (TPSA) is 57.5 Å². The molecule has 0 aliphatic heterocycles. The molecule has 0 fully saturated rings. The number of aromatic hydroxyl groups is 1. The van der Waals surface area contributed by atoms with Crippen LogP contribution in [0.25, 0.3) is 0 Å². The number of aliphatic hydroxyl groups is 1. The van der Waals surface area contributed by atoms with Crippen molar-refractivity contribution >= 4 is 29.0 Å². The van der Waals surface area contributed by atoms with Gasteiger partial charge in [0.2, 0.25) is 0 Å². The van der Waals surface area contributed by atoms with Crippen LogP contribution in [0.1, 0.15) is 31.2 Å². The van der Waals surface area contributed by atoms with Crippen LogP contribution in [0, 0.1) is 0 Å². The molecular weight excluding hydrogens is 263 g/mol. The Hall–Kier alpha value is -0.770. The summed E-state index contributed by atoms with van der Waals surface area (Å²) in [6, 6.07) is 3.00. The second kappa shape index (κ2) is 6.24. The van der Waals surface area contributed by atoms with Gasteiger partial charge in [0.1, 0.15) is 12.4 Å². The summed E-state index contributed by atoms with van der Waals surface area (Å²) in [6.07, 6.45) is 0.757. The molecule has 17 heavy (non-hydrogen) atoms. The van der Waals surface area contributed by atoms with E-state index in [4.69, 9.17) is 28.3 Å². The zero-order chi connectivity index (χ0) is 13.0. The van der Waals surface area contributed by atoms with E-state index in [-0.39, 0.29) is 23.9 Å². The zero-order valence-electron chi connectivity index (χ0n) is 9.41. The number of hydrogen-bond acceptors (Lipinski definition) is 3. The first kappa shape index (κ1) is 14.3. The summed E-state index contributed by atoms with van der Waals surface area (Å²) in [5.41, 5.74) is 0.546. The van der Waals surface area contributed by atoms with Gasteiger partial charge in [0, 0.05) is 12.0 Å². The maximum atomic E-state index is 11.0. The van der Waals surface area contributed by atoms with Gasteiger partial charge in [0.15, 0.2) is 5.78 Å². The Balaban J connectivity index is 2.85. The Morgan fingerprint density at radius 3 is 2.65 bits per heavy atom. The van der Waals surface area contributed by atoms with Crippen LogP contribution >= 0.6 is 23.2 Å². The first-order chi connectivity index (χ1) is 7.97. The number of benzene rings is 1. The van der Waals surface area contributed by atoms with Crippen molar-refractivity contribution in [1.29, 1.82) is 0 Å². The van der Waals surface area contributed by atoms with E-state index >= 15 is 0 Å². The van der Waals surface area contributed by atoms with Crippen molar-refractivity contribution in [3.05, 3.63) is 27.7 Å². The van der Waals surface area contributed by atoms with E-state index in [9.17, 15) is 9.90 Å². The standard InChI is InChI=1S/C12H14Cl2O3/c1-7(2-3-8(16)6-15)11-10(17)5-4-9(13)12(11)14/h4-5,7,15,17H,2-3,6H2,1H3/t7-/m1/s1. The number of carbonyl (C=O) groups is 1. The molecular formula is C12H14Cl2O3. The molecule has 0 spiro atoms. The Morgan fingerprint density at radius 2 is 2.06 bits per heavy atom. The average Bonchev–Trinajstić information content (AvgIpc) is 2.31. The van der Waals surface area contributed by atoms with E-state index in [1.165, 1.54) is 12.1 Å². The number of halogens is 2. The monoisotopic (exact) mass is 276 g/mol. The lowest BCUT2D eigenvalue weighted by Gasteiger charge is -2.15. The molecule has 0 bridgehead atoms. The molecule has 3 nitrogen and oxygen atoms in total. The molecule has 0 aliphatic carbocycles. The quantitative estimate of drug-likeness (QED) is 0.869. The molecule has 94 valence electrons. The van der Waals surface area contributed by atoms with Crippen molar-refractivity contribution in [3.8, 4) is 5.75 Å². The SMILES string of the molecule is C[C@H](CCC(=O)CO)c1c(O)ccc(Cl)c1Cl. The number of carbonyl (C=O) groups excluding carboxylic acids is 1. The van der Waals surface area contributed by atoms with Crippen molar-refractivity contribution in [3.63, 3.8) is 0 Å². The van der Waals surface area contributed by atoms with E-state index in [1.807, 2.05) is 6.92 Å². The molecule has 0 saturated carbocycles. The van der Waals surface area contributed by atoms with Crippen LogP contribution in [0.4, 0.5) is 0 Å². The lowest BCUT2D eigenvalue weighted by molar-refractivity contribution is -0.121. The lowest BCUT2D eigenvalue weighted by atomic mass is 9.94. The van der Waals surface area contributed by atoms with Gasteiger partial charge in [0.05, 0.1) is 10.0 Å². The largest absolute Gasteiger partial charge is 0.508 e. The van der Waals surface area contributed by atoms with Crippen molar-refractivity contribution in [2.24, 2.45) is 0 Å². The highest BCUT2D eigenvalue weighted by Crippen LogP contribution is 2.38. The minimum atomic E-state index is -0.456. The van der Waals surface area contributed by atoms with Crippen LogP contribution in [0.2, 0.25) is 10.0 Å². The number of rotatable bonds is 5. The third kappa shape index (κ3) is 3.60. The van der Waals surface area contributed by atoms with Gasteiger partial charge in [-0.05, 0) is 24.5 Å². The van der Waals surface area contributed by atoms with Gasteiger partial charge in [-0.3, -0.25) is 4.79 Å². The summed E-state index contributed by atoms with van der Waals surface area (Å²) < 4.78 is 0. The molecule has 0 unspecified atom stereocenters. The second-order valence-corrected chi connectivity index (χ2v) is 4.72. The smallest absolute Gasteiger partial charge is 0.158 e. The fourth-order valence-corrected chi connectivity index (χ4v) is 2.14. The van der Waals surface area contributed by atoms with Crippen molar-refractivity contribution in [1.82, 2.24) is 0 Å². The molecule has 2 N–H and O–H groups in total. The van der Waals surface area contributed by atoms with Crippen LogP contribution < -0.4 is 0 Å². The molecule has 1 aromatic carbocycles. The molecule has 1 atom stereocenters. The van der Waals surface area contributed by atoms with E-state index in [1.54, 1.807) is 0 Å². The number of hydrogen-bond donors (Lipinski definition) is 2. The van der Waals surface area contributed by atoms with Gasteiger partial charge in [0.25, 0.3) is 0 Å². The Bertz CT molecular complexity index is 418. The molecule has 0 saturated heterocycles. The highest BCUT2D eigenvalue weighted by Gasteiger charge is 2.17. The van der Waals surface area contributed by atoms with Crippen molar-refractivity contribution in [2.45, 2.75) is 25.7 Å². The summed E-state index contributed by atoms with van der Waals surface area (Å²) in [7, 11) is 0. The number of phenolic OH excluding ortho intramolecular Hbond substituents is 1. The summed E-state index contributed by atoms with van der Waals surface area (Å²) in [5, 5.41) is 19.0. The van der Waals surface area contributed by atoms with Crippen LogP contribution in [0.15, 0.2) is 12.1 Å². The van der Waals surface area contributed by atoms with E-state index in [0.29, 0.717) is 22.0 Å². The molecule has 0 radical (unpaired) electrons. The molecule has 0 aromatic heterocycles. The van der Waals surface area contributed by atoms with E-state index in [0.717, 1.165) is 0 Å². The fourth-order valence-electron chi connectivity index (χ4n) is 1.63. The Morgan fingerprint density at radius 1 is 1.41 bits per heavy atom. The molecule has 1 rings (SSSR count). The first-order valence-corrected chi connectivity index (χ1v) is 6.02. The number of ketones is 1. The summed E-state index contributed by atoms with van der Waals surface area (Å²) in [6.45, 7) is 1.39. The van der Waals surface area contributed by atoms with Crippen LogP contribution in [-0.4, -0.2) is 22.6 Å². The minimum Gasteiger partial charge on any atom is -0.508 e. The third-order valence-corrected chi connectivity index (χ3v) is 3.45. The third-order valence-electron chi connectivity index (χ3n) is 2.63. The van der Waals surface area contributed by atoms with Gasteiger partial charge in [-0.25, -0.2) is 0 Å². The molecule has 5 heteroatoms. The van der Waals surface area contributed by atoms with Gasteiger partial charge in [-0.15, -0.1) is 0 Å². The number of Topliss-reactive ketones (excluding diaryl/α,β-unsaturated/α-hetero) is 1. The van der Waals surface area contributed by atoms with Crippen LogP contribution in [0.3, 0.4) is 0 Å². The number of aliphatic hydroxyl groups excluding tert-OH is 1. The van der Waals surface area contributed by atoms with Crippen LogP contribution in [0.5, 0.6) is 5.75 Å². The van der Waals surface area contributed by atoms with Gasteiger partial charge >= 0.3 is 0 Å². The molecule has 1 aromatic rings. The maximum Gasteiger partial charge on any atom is 0.158 e. The summed E-state index contributed by atoms with van der Waals surface area (Å²) >= 11 is 11.9. The Kier molecular flexibility index (Phi) is 5.25. The average molecular weight is 277 g/mol. The van der Waals surface area contributed by atoms with Crippen molar-refractivity contribution < 1.29 is 15.0 Å². The summed E-state index contributed by atoms with van der Waals surface area (Å²) in [5.74, 6) is -0.255. The minimum absolute atomic E-state index is 0.0725.